The van der Waals surface area contributed by atoms with Crippen LogP contribution in [0.25, 0.3) is 10.9 Å². The summed E-state index contributed by atoms with van der Waals surface area (Å²) >= 11 is 0. The van der Waals surface area contributed by atoms with Gasteiger partial charge in [-0.15, -0.1) is 0 Å². The van der Waals surface area contributed by atoms with E-state index in [4.69, 9.17) is 9.47 Å². The van der Waals surface area contributed by atoms with Gasteiger partial charge in [-0.2, -0.15) is 0 Å². The molecule has 2 aromatic carbocycles. The molecule has 0 saturated heterocycles. The predicted molar refractivity (Wildman–Crippen MR) is 108 cm³/mol. The molecule has 0 atom stereocenters. The van der Waals surface area contributed by atoms with Crippen LogP contribution in [0.15, 0.2) is 48.7 Å². The second kappa shape index (κ2) is 8.61. The Morgan fingerprint density at radius 1 is 1.11 bits per heavy atom. The van der Waals surface area contributed by atoms with Gasteiger partial charge >= 0.3 is 5.97 Å². The van der Waals surface area contributed by atoms with Crippen LogP contribution in [-0.2, 0) is 22.5 Å². The minimum atomic E-state index is -0.415. The third kappa shape index (κ3) is 4.17. The molecule has 0 aliphatic carbocycles. The van der Waals surface area contributed by atoms with Gasteiger partial charge in [0.25, 0.3) is 0 Å². The molecule has 6 nitrogen and oxygen atoms in total. The summed E-state index contributed by atoms with van der Waals surface area (Å²) in [6.07, 6.45) is 2.34. The molecule has 0 aliphatic rings. The molecule has 1 aromatic heterocycles. The van der Waals surface area contributed by atoms with Gasteiger partial charge in [-0.1, -0.05) is 35.9 Å². The Morgan fingerprint density at radius 3 is 2.64 bits per heavy atom. The van der Waals surface area contributed by atoms with Crippen LogP contribution < -0.4 is 10.1 Å². The minimum absolute atomic E-state index is 0.121. The van der Waals surface area contributed by atoms with Gasteiger partial charge in [0.05, 0.1) is 19.8 Å². The maximum Gasteiger partial charge on any atom is 0.340 e. The molecule has 0 bridgehead atoms. The van der Waals surface area contributed by atoms with Crippen molar-refractivity contribution in [2.24, 2.45) is 0 Å². The zero-order valence-electron chi connectivity index (χ0n) is 16.3. The molecule has 0 saturated carbocycles. The molecule has 0 spiro atoms. The number of nitrogens with one attached hydrogen (secondary N) is 1. The highest BCUT2D eigenvalue weighted by Gasteiger charge is 2.16. The van der Waals surface area contributed by atoms with Crippen LogP contribution in [0, 0.1) is 6.92 Å². The number of nitrogens with zero attached hydrogens (tertiary/aromatic N) is 1. The lowest BCUT2D eigenvalue weighted by Crippen LogP contribution is -2.29. The minimum Gasteiger partial charge on any atom is -0.496 e. The lowest BCUT2D eigenvalue weighted by atomic mass is 10.1. The lowest BCUT2D eigenvalue weighted by Gasteiger charge is -2.11. The monoisotopic (exact) mass is 380 g/mol. The molecule has 0 fully saturated rings. The quantitative estimate of drug-likeness (QED) is 0.640. The van der Waals surface area contributed by atoms with Gasteiger partial charge in [-0.05, 0) is 31.0 Å². The third-order valence-electron chi connectivity index (χ3n) is 4.66. The number of fused-ring (bicyclic) bond motifs is 1. The maximum absolute atomic E-state index is 12.4. The topological polar surface area (TPSA) is 69.6 Å². The number of carbonyl (C=O) groups excluding carboxylic acids is 2. The number of aromatic nitrogens is 1. The predicted octanol–water partition coefficient (Wildman–Crippen LogP) is 3.10. The average Bonchev–Trinajstić information content (AvgIpc) is 3.06. The van der Waals surface area contributed by atoms with Crippen molar-refractivity contribution in [3.8, 4) is 5.75 Å². The Morgan fingerprint density at radius 2 is 1.89 bits per heavy atom. The van der Waals surface area contributed by atoms with Crippen molar-refractivity contribution in [3.63, 3.8) is 0 Å². The van der Waals surface area contributed by atoms with Gasteiger partial charge < -0.3 is 19.4 Å². The third-order valence-corrected chi connectivity index (χ3v) is 4.66. The molecule has 0 unspecified atom stereocenters. The standard InChI is InChI=1S/C22H24N2O4/c1-15-8-9-20(27-2)16(12-15)10-11-23-21(25)14-24-13-18(22(26)28-3)17-6-4-5-7-19(17)24/h4-9,12-13H,10-11,14H2,1-3H3,(H,23,25). The van der Waals surface area contributed by atoms with Crippen molar-refractivity contribution < 1.29 is 19.1 Å². The fraction of sp³-hybridized carbons (Fsp3) is 0.273. The van der Waals surface area contributed by atoms with Crippen LogP contribution in [0.3, 0.4) is 0 Å². The number of rotatable bonds is 7. The number of benzene rings is 2. The summed E-state index contributed by atoms with van der Waals surface area (Å²) in [5.74, 6) is 0.282. The van der Waals surface area contributed by atoms with Gasteiger partial charge in [0.1, 0.15) is 12.3 Å². The van der Waals surface area contributed by atoms with Crippen LogP contribution in [0.2, 0.25) is 0 Å². The van der Waals surface area contributed by atoms with Crippen LogP contribution >= 0.6 is 0 Å². The van der Waals surface area contributed by atoms with E-state index in [0.717, 1.165) is 27.8 Å². The van der Waals surface area contributed by atoms with Gasteiger partial charge in [0, 0.05) is 23.6 Å². The molecule has 28 heavy (non-hydrogen) atoms. The van der Waals surface area contributed by atoms with Crippen molar-refractivity contribution in [3.05, 3.63) is 65.4 Å². The molecule has 1 heterocycles. The van der Waals surface area contributed by atoms with E-state index >= 15 is 0 Å². The Kier molecular flexibility index (Phi) is 5.99. The SMILES string of the molecule is COC(=O)c1cn(CC(=O)NCCc2cc(C)ccc2OC)c2ccccc12. The van der Waals surface area contributed by atoms with E-state index in [9.17, 15) is 9.59 Å². The van der Waals surface area contributed by atoms with Gasteiger partial charge in [-0.3, -0.25) is 4.79 Å². The van der Waals surface area contributed by atoms with Crippen LogP contribution in [0.1, 0.15) is 21.5 Å². The first-order chi connectivity index (χ1) is 13.5. The van der Waals surface area contributed by atoms with Crippen molar-refractivity contribution in [2.45, 2.75) is 19.9 Å². The number of para-hydroxylation sites is 1. The lowest BCUT2D eigenvalue weighted by molar-refractivity contribution is -0.121. The van der Waals surface area contributed by atoms with Gasteiger partial charge in [-0.25, -0.2) is 4.79 Å². The molecule has 1 amide bonds. The number of esters is 1. The highest BCUT2D eigenvalue weighted by Crippen LogP contribution is 2.22. The molecule has 6 heteroatoms. The van der Waals surface area contributed by atoms with E-state index in [1.54, 1.807) is 17.9 Å². The molecule has 146 valence electrons. The molecular weight excluding hydrogens is 356 g/mol. The molecule has 0 aliphatic heterocycles. The highest BCUT2D eigenvalue weighted by molar-refractivity contribution is 6.04. The van der Waals surface area contributed by atoms with Gasteiger partial charge in [0.2, 0.25) is 5.91 Å². The second-order valence-corrected chi connectivity index (χ2v) is 6.59. The number of hydrogen-bond acceptors (Lipinski definition) is 4. The Balaban J connectivity index is 1.67. The number of amides is 1. The normalized spacial score (nSPS) is 10.7. The first kappa shape index (κ1) is 19.5. The number of ether oxygens (including phenoxy) is 2. The largest absolute Gasteiger partial charge is 0.496 e. The van der Waals surface area contributed by atoms with Crippen molar-refractivity contribution in [1.29, 1.82) is 0 Å². The van der Waals surface area contributed by atoms with Crippen LogP contribution in [-0.4, -0.2) is 37.2 Å². The van der Waals surface area contributed by atoms with E-state index in [0.29, 0.717) is 18.5 Å². The summed E-state index contributed by atoms with van der Waals surface area (Å²) in [5, 5.41) is 3.71. The summed E-state index contributed by atoms with van der Waals surface area (Å²) in [6.45, 7) is 2.65. The molecule has 1 N–H and O–H groups in total. The summed E-state index contributed by atoms with van der Waals surface area (Å²) in [6, 6.07) is 13.5. The first-order valence-corrected chi connectivity index (χ1v) is 9.10. The first-order valence-electron chi connectivity index (χ1n) is 9.10. The molecule has 3 aromatic rings. The fourth-order valence-electron chi connectivity index (χ4n) is 3.30. The fourth-order valence-corrected chi connectivity index (χ4v) is 3.30. The van der Waals surface area contributed by atoms with Gasteiger partial charge in [0.15, 0.2) is 0 Å². The van der Waals surface area contributed by atoms with Crippen molar-refractivity contribution in [2.75, 3.05) is 20.8 Å². The second-order valence-electron chi connectivity index (χ2n) is 6.59. The summed E-state index contributed by atoms with van der Waals surface area (Å²) in [5.41, 5.74) is 3.48. The molecule has 3 rings (SSSR count). The summed E-state index contributed by atoms with van der Waals surface area (Å²) in [4.78, 5) is 24.4. The van der Waals surface area contributed by atoms with E-state index in [1.807, 2.05) is 43.3 Å². The van der Waals surface area contributed by atoms with Crippen molar-refractivity contribution in [1.82, 2.24) is 9.88 Å². The zero-order valence-corrected chi connectivity index (χ0v) is 16.3. The van der Waals surface area contributed by atoms with Crippen LogP contribution in [0.4, 0.5) is 0 Å². The van der Waals surface area contributed by atoms with E-state index in [1.165, 1.54) is 7.11 Å². The van der Waals surface area contributed by atoms with Crippen molar-refractivity contribution >= 4 is 22.8 Å². The molecule has 0 radical (unpaired) electrons. The molecular formula is C22H24N2O4. The van der Waals surface area contributed by atoms with Crippen LogP contribution in [0.5, 0.6) is 5.75 Å². The average molecular weight is 380 g/mol. The highest BCUT2D eigenvalue weighted by atomic mass is 16.5. The Bertz CT molecular complexity index is 1010. The Labute approximate surface area is 164 Å². The Hall–Kier alpha value is -3.28. The van der Waals surface area contributed by atoms with E-state index in [2.05, 4.69) is 11.4 Å². The summed E-state index contributed by atoms with van der Waals surface area (Å²) < 4.78 is 12.0. The number of aryl methyl sites for hydroxylation is 1. The van der Waals surface area contributed by atoms with E-state index in [-0.39, 0.29) is 12.5 Å². The maximum atomic E-state index is 12.4. The number of hydrogen-bond donors (Lipinski definition) is 1. The summed E-state index contributed by atoms with van der Waals surface area (Å²) in [7, 11) is 2.99. The zero-order chi connectivity index (χ0) is 20.1. The number of carbonyl (C=O) groups is 2. The number of methoxy groups -OCH3 is 2. The smallest absolute Gasteiger partial charge is 0.340 e. The van der Waals surface area contributed by atoms with E-state index < -0.39 is 5.97 Å².